The second-order valence-electron chi connectivity index (χ2n) is 9.44. The van der Waals surface area contributed by atoms with Gasteiger partial charge in [-0.15, -0.1) is 0 Å². The molecule has 0 aliphatic heterocycles. The smallest absolute Gasteiger partial charge is 0.107 e. The standard InChI is InChI=1S/C20H30O5/c1-9-7-19-8-13(21)20(25)14(15(22)17(24)18(20,3)4)10(2)12(19)6-5-11(9)16(19)23/h7,11-17,21-25H,2,5-6,8H2,1,3-4H3/t11-,12-,13+,14+,15-,16+,17-,19+,20+/m0/s1. The quantitative estimate of drug-likeness (QED) is 0.415. The third kappa shape index (κ3) is 1.77. The Bertz CT molecular complexity index is 654. The van der Waals surface area contributed by atoms with Crippen LogP contribution in [0.3, 0.4) is 0 Å². The van der Waals surface area contributed by atoms with Gasteiger partial charge in [0.2, 0.25) is 0 Å². The van der Waals surface area contributed by atoms with E-state index in [0.29, 0.717) is 5.57 Å². The molecule has 0 unspecified atom stereocenters. The Hall–Kier alpha value is -0.720. The molecule has 0 radical (unpaired) electrons. The normalized spacial score (nSPS) is 56.9. The second kappa shape index (κ2) is 4.96. The van der Waals surface area contributed by atoms with E-state index in [-0.39, 0.29) is 18.3 Å². The van der Waals surface area contributed by atoms with E-state index in [9.17, 15) is 25.5 Å². The van der Waals surface area contributed by atoms with Crippen molar-refractivity contribution in [1.82, 2.24) is 0 Å². The van der Waals surface area contributed by atoms with Crippen LogP contribution in [-0.4, -0.2) is 55.5 Å². The van der Waals surface area contributed by atoms with Crippen molar-refractivity contribution >= 4 is 0 Å². The number of hydrogen-bond acceptors (Lipinski definition) is 5. The molecule has 140 valence electrons. The maximum Gasteiger partial charge on any atom is 0.107 e. The number of aliphatic hydroxyl groups excluding tert-OH is 4. The summed E-state index contributed by atoms with van der Waals surface area (Å²) in [5.41, 5.74) is -1.64. The Kier molecular flexibility index (Phi) is 3.51. The largest absolute Gasteiger partial charge is 0.392 e. The van der Waals surface area contributed by atoms with Gasteiger partial charge in [-0.1, -0.05) is 37.6 Å². The van der Waals surface area contributed by atoms with E-state index in [1.807, 2.05) is 6.92 Å². The Labute approximate surface area is 148 Å². The molecule has 9 atom stereocenters. The van der Waals surface area contributed by atoms with Gasteiger partial charge in [-0.25, -0.2) is 0 Å². The van der Waals surface area contributed by atoms with Gasteiger partial charge in [-0.05, 0) is 32.1 Å². The molecule has 25 heavy (non-hydrogen) atoms. The van der Waals surface area contributed by atoms with Gasteiger partial charge < -0.3 is 25.5 Å². The third-order valence-electron chi connectivity index (χ3n) is 8.24. The van der Waals surface area contributed by atoms with Crippen LogP contribution in [0, 0.1) is 28.6 Å². The maximum atomic E-state index is 11.6. The molecule has 1 spiro atoms. The lowest BCUT2D eigenvalue weighted by molar-refractivity contribution is -0.171. The van der Waals surface area contributed by atoms with Crippen molar-refractivity contribution in [3.63, 3.8) is 0 Å². The topological polar surface area (TPSA) is 101 Å². The molecule has 3 fully saturated rings. The van der Waals surface area contributed by atoms with Crippen molar-refractivity contribution in [2.45, 2.75) is 70.1 Å². The van der Waals surface area contributed by atoms with Crippen molar-refractivity contribution in [1.29, 1.82) is 0 Å². The lowest BCUT2D eigenvalue weighted by Crippen LogP contribution is -2.57. The fourth-order valence-corrected chi connectivity index (χ4v) is 6.75. The highest BCUT2D eigenvalue weighted by Gasteiger charge is 2.72. The van der Waals surface area contributed by atoms with Crippen molar-refractivity contribution in [3.05, 3.63) is 23.8 Å². The molecule has 5 heteroatoms. The van der Waals surface area contributed by atoms with Gasteiger partial charge in [0, 0.05) is 22.7 Å². The summed E-state index contributed by atoms with van der Waals surface area (Å²) in [6.45, 7) is 9.60. The Morgan fingerprint density at radius 1 is 1.08 bits per heavy atom. The molecular formula is C20H30O5. The summed E-state index contributed by atoms with van der Waals surface area (Å²) in [7, 11) is 0. The summed E-state index contributed by atoms with van der Waals surface area (Å²) in [4.78, 5) is 0. The lowest BCUT2D eigenvalue weighted by atomic mass is 9.60. The molecule has 2 bridgehead atoms. The highest BCUT2D eigenvalue weighted by atomic mass is 16.4. The SMILES string of the molecule is C=C1[C@@H]2[C@H](O)[C@H](O)C(C)(C)[C@@]2(O)[C@H](O)C[C@]23C=C(C)[C@H](CC[C@@H]12)[C@H]3O. The first-order valence-electron chi connectivity index (χ1n) is 9.33. The van der Waals surface area contributed by atoms with Crippen LogP contribution in [0.1, 0.15) is 40.0 Å². The van der Waals surface area contributed by atoms with E-state index >= 15 is 0 Å². The fraction of sp³-hybridized carbons (Fsp3) is 0.800. The number of hydrogen-bond donors (Lipinski definition) is 5. The molecule has 0 aromatic rings. The minimum absolute atomic E-state index is 0.0901. The van der Waals surface area contributed by atoms with E-state index in [1.165, 1.54) is 0 Å². The van der Waals surface area contributed by atoms with Crippen molar-refractivity contribution < 1.29 is 25.5 Å². The first-order valence-corrected chi connectivity index (χ1v) is 9.33. The maximum absolute atomic E-state index is 11.6. The molecule has 0 aromatic carbocycles. The summed E-state index contributed by atoms with van der Waals surface area (Å²) in [6, 6.07) is 0. The molecule has 4 rings (SSSR count). The molecule has 4 aliphatic carbocycles. The van der Waals surface area contributed by atoms with Crippen LogP contribution >= 0.6 is 0 Å². The molecule has 5 nitrogen and oxygen atoms in total. The van der Waals surface area contributed by atoms with Crippen LogP contribution in [0.15, 0.2) is 23.8 Å². The van der Waals surface area contributed by atoms with E-state index in [1.54, 1.807) is 13.8 Å². The zero-order valence-electron chi connectivity index (χ0n) is 15.2. The summed E-state index contributed by atoms with van der Waals surface area (Å²) >= 11 is 0. The summed E-state index contributed by atoms with van der Waals surface area (Å²) < 4.78 is 0. The Morgan fingerprint density at radius 2 is 1.72 bits per heavy atom. The highest BCUT2D eigenvalue weighted by molar-refractivity contribution is 5.38. The molecule has 0 aromatic heterocycles. The van der Waals surface area contributed by atoms with Crippen molar-refractivity contribution in [2.24, 2.45) is 28.6 Å². The minimum atomic E-state index is -1.69. The number of fused-ring (bicyclic) bond motifs is 2. The average molecular weight is 350 g/mol. The van der Waals surface area contributed by atoms with Gasteiger partial charge >= 0.3 is 0 Å². The lowest BCUT2D eigenvalue weighted by Gasteiger charge is -2.46. The molecule has 0 amide bonds. The van der Waals surface area contributed by atoms with Crippen LogP contribution < -0.4 is 0 Å². The van der Waals surface area contributed by atoms with Crippen LogP contribution in [-0.2, 0) is 0 Å². The Balaban J connectivity index is 1.90. The van der Waals surface area contributed by atoms with Gasteiger partial charge in [-0.3, -0.25) is 0 Å². The third-order valence-corrected chi connectivity index (χ3v) is 8.24. The number of aliphatic hydroxyl groups is 5. The van der Waals surface area contributed by atoms with Crippen LogP contribution in [0.2, 0.25) is 0 Å². The molecule has 0 heterocycles. The first-order chi connectivity index (χ1) is 11.5. The molecular weight excluding hydrogens is 320 g/mol. The molecule has 3 saturated carbocycles. The monoisotopic (exact) mass is 350 g/mol. The molecule has 0 saturated heterocycles. The van der Waals surface area contributed by atoms with Gasteiger partial charge in [-0.2, -0.15) is 0 Å². The highest BCUT2D eigenvalue weighted by Crippen LogP contribution is 2.66. The van der Waals surface area contributed by atoms with Crippen LogP contribution in [0.25, 0.3) is 0 Å². The van der Waals surface area contributed by atoms with Gasteiger partial charge in [0.1, 0.15) is 5.60 Å². The van der Waals surface area contributed by atoms with Gasteiger partial charge in [0.05, 0.1) is 24.4 Å². The second-order valence-corrected chi connectivity index (χ2v) is 9.44. The van der Waals surface area contributed by atoms with Crippen LogP contribution in [0.5, 0.6) is 0 Å². The van der Waals surface area contributed by atoms with Crippen molar-refractivity contribution in [2.75, 3.05) is 0 Å². The van der Waals surface area contributed by atoms with Gasteiger partial charge in [0.15, 0.2) is 0 Å². The number of rotatable bonds is 0. The van der Waals surface area contributed by atoms with Crippen molar-refractivity contribution in [3.8, 4) is 0 Å². The zero-order chi connectivity index (χ0) is 18.5. The van der Waals surface area contributed by atoms with E-state index < -0.39 is 46.8 Å². The summed E-state index contributed by atoms with van der Waals surface area (Å²) in [5.74, 6) is -0.845. The fourth-order valence-electron chi connectivity index (χ4n) is 6.75. The molecule has 5 N–H and O–H groups in total. The van der Waals surface area contributed by atoms with E-state index in [2.05, 4.69) is 12.7 Å². The average Bonchev–Trinajstić information content (AvgIpc) is 2.73. The van der Waals surface area contributed by atoms with E-state index in [4.69, 9.17) is 0 Å². The molecule has 4 aliphatic rings. The van der Waals surface area contributed by atoms with Gasteiger partial charge in [0.25, 0.3) is 0 Å². The van der Waals surface area contributed by atoms with Crippen LogP contribution in [0.4, 0.5) is 0 Å². The minimum Gasteiger partial charge on any atom is -0.392 e. The predicted octanol–water partition coefficient (Wildman–Crippen LogP) is 0.749. The summed E-state index contributed by atoms with van der Waals surface area (Å²) in [6.07, 6.45) is -0.184. The first kappa shape index (κ1) is 17.7. The Morgan fingerprint density at radius 3 is 2.36 bits per heavy atom. The zero-order valence-corrected chi connectivity index (χ0v) is 15.2. The predicted molar refractivity (Wildman–Crippen MR) is 92.4 cm³/mol. The van der Waals surface area contributed by atoms with E-state index in [0.717, 1.165) is 18.4 Å². The summed E-state index contributed by atoms with van der Waals surface area (Å²) in [5, 5.41) is 55.0.